The van der Waals surface area contributed by atoms with E-state index >= 15 is 0 Å². The smallest absolute Gasteiger partial charge is 0.143 e. The van der Waals surface area contributed by atoms with Gasteiger partial charge in [0.05, 0.1) is 5.69 Å². The fourth-order valence-corrected chi connectivity index (χ4v) is 11.4. The van der Waals surface area contributed by atoms with Gasteiger partial charge >= 0.3 is 0 Å². The van der Waals surface area contributed by atoms with Gasteiger partial charge in [-0.3, -0.25) is 0 Å². The minimum Gasteiger partial charge on any atom is -0.455 e. The number of rotatable bonds is 8. The van der Waals surface area contributed by atoms with Crippen LogP contribution in [-0.4, -0.2) is 0 Å². The molecule has 1 aromatic heterocycles. The van der Waals surface area contributed by atoms with E-state index in [0.717, 1.165) is 77.6 Å². The normalized spacial score (nSPS) is 11.6. The van der Waals surface area contributed by atoms with Gasteiger partial charge in [0.2, 0.25) is 0 Å². The molecular weight excluding hydrogens is 871 g/mol. The predicted molar refractivity (Wildman–Crippen MR) is 306 cm³/mol. The maximum atomic E-state index is 6.75. The standard InChI is InChI=1S/C70H45NO/c1-3-20-49(21-4-1)67-61-31-12-11-29-58(61)59-42-39-51(45-64(59)68(67)50-22-5-2-6-23-50)46-36-40-53(41-37-46)71(54-26-15-25-52(44-54)56-32-16-24-47-18-7-9-27-55(47)56)65-34-14-13-30-60(65)62-33-17-35-66-69(62)63-43-38-48-19-8-10-28-57(48)70(63)72-66/h1-45H. The number of benzene rings is 13. The Hall–Kier alpha value is -9.50. The molecule has 336 valence electrons. The third-order valence-electron chi connectivity index (χ3n) is 14.6. The van der Waals surface area contributed by atoms with E-state index in [4.69, 9.17) is 4.42 Å². The van der Waals surface area contributed by atoms with Gasteiger partial charge in [-0.1, -0.05) is 224 Å². The molecule has 13 aromatic carbocycles. The fraction of sp³-hybridized carbons (Fsp3) is 0. The molecule has 1 heterocycles. The van der Waals surface area contributed by atoms with Crippen LogP contribution in [0.25, 0.3) is 121 Å². The van der Waals surface area contributed by atoms with E-state index in [1.807, 2.05) is 0 Å². The summed E-state index contributed by atoms with van der Waals surface area (Å²) < 4.78 is 6.75. The lowest BCUT2D eigenvalue weighted by Gasteiger charge is -2.29. The zero-order valence-corrected chi connectivity index (χ0v) is 39.3. The SMILES string of the molecule is c1ccc(-c2c(-c3ccccc3)c3cc(-c4ccc(N(c5cccc(-c6cccc7ccccc67)c5)c5ccccc5-c5cccc6oc7c8ccccc8ccc7c56)cc4)ccc3c3ccccc23)cc1. The zero-order valence-electron chi connectivity index (χ0n) is 39.3. The molecule has 0 N–H and O–H groups in total. The number of furan rings is 1. The molecule has 0 fully saturated rings. The largest absolute Gasteiger partial charge is 0.455 e. The molecule has 2 nitrogen and oxygen atoms in total. The summed E-state index contributed by atoms with van der Waals surface area (Å²) in [5, 5.41) is 11.9. The first kappa shape index (κ1) is 41.5. The molecule has 0 aliphatic carbocycles. The third-order valence-corrected chi connectivity index (χ3v) is 14.6. The zero-order chi connectivity index (χ0) is 47.5. The fourth-order valence-electron chi connectivity index (χ4n) is 11.4. The molecule has 14 rings (SSSR count). The molecule has 72 heavy (non-hydrogen) atoms. The number of fused-ring (bicyclic) bond motifs is 9. The van der Waals surface area contributed by atoms with Crippen LogP contribution in [0.2, 0.25) is 0 Å². The topological polar surface area (TPSA) is 16.4 Å². The molecule has 0 aliphatic rings. The second-order valence-electron chi connectivity index (χ2n) is 18.7. The van der Waals surface area contributed by atoms with Gasteiger partial charge in [-0.05, 0) is 136 Å². The van der Waals surface area contributed by atoms with Crippen molar-refractivity contribution in [1.29, 1.82) is 0 Å². The number of hydrogen-bond acceptors (Lipinski definition) is 2. The summed E-state index contributed by atoms with van der Waals surface area (Å²) in [6.07, 6.45) is 0. The Morgan fingerprint density at radius 2 is 0.806 bits per heavy atom. The van der Waals surface area contributed by atoms with E-state index < -0.39 is 0 Å². The van der Waals surface area contributed by atoms with Gasteiger partial charge < -0.3 is 9.32 Å². The first-order valence-electron chi connectivity index (χ1n) is 24.7. The lowest BCUT2D eigenvalue weighted by Crippen LogP contribution is -2.11. The van der Waals surface area contributed by atoms with Gasteiger partial charge in [0.15, 0.2) is 0 Å². The van der Waals surface area contributed by atoms with Crippen molar-refractivity contribution in [1.82, 2.24) is 0 Å². The highest BCUT2D eigenvalue weighted by Gasteiger charge is 2.23. The van der Waals surface area contributed by atoms with E-state index in [9.17, 15) is 0 Å². The molecule has 0 spiro atoms. The van der Waals surface area contributed by atoms with Crippen molar-refractivity contribution in [2.24, 2.45) is 0 Å². The maximum Gasteiger partial charge on any atom is 0.143 e. The van der Waals surface area contributed by atoms with E-state index in [0.29, 0.717) is 0 Å². The Morgan fingerprint density at radius 3 is 1.60 bits per heavy atom. The molecule has 0 radical (unpaired) electrons. The van der Waals surface area contributed by atoms with Crippen LogP contribution in [0.1, 0.15) is 0 Å². The average molecular weight is 916 g/mol. The summed E-state index contributed by atoms with van der Waals surface area (Å²) in [5.74, 6) is 0. The molecule has 2 heteroatoms. The van der Waals surface area contributed by atoms with Gasteiger partial charge in [-0.2, -0.15) is 0 Å². The molecule has 0 amide bonds. The van der Waals surface area contributed by atoms with Gasteiger partial charge in [0.1, 0.15) is 11.2 Å². The second-order valence-corrected chi connectivity index (χ2v) is 18.7. The summed E-state index contributed by atoms with van der Waals surface area (Å²) in [6.45, 7) is 0. The monoisotopic (exact) mass is 915 g/mol. The van der Waals surface area contributed by atoms with E-state index in [-0.39, 0.29) is 0 Å². The molecular formula is C70H45NO. The number of hydrogen-bond donors (Lipinski definition) is 0. The first-order chi connectivity index (χ1) is 35.7. The quantitative estimate of drug-likeness (QED) is 0.141. The number of para-hydroxylation sites is 1. The van der Waals surface area contributed by atoms with Crippen molar-refractivity contribution in [3.05, 3.63) is 273 Å². The Morgan fingerprint density at radius 1 is 0.264 bits per heavy atom. The maximum absolute atomic E-state index is 6.75. The lowest BCUT2D eigenvalue weighted by atomic mass is 9.84. The van der Waals surface area contributed by atoms with Crippen LogP contribution in [0.15, 0.2) is 277 Å². The van der Waals surface area contributed by atoms with E-state index in [2.05, 4.69) is 278 Å². The second kappa shape index (κ2) is 17.2. The van der Waals surface area contributed by atoms with Gasteiger partial charge in [-0.25, -0.2) is 0 Å². The molecule has 0 atom stereocenters. The molecule has 0 aliphatic heterocycles. The van der Waals surface area contributed by atoms with E-state index in [1.165, 1.54) is 60.1 Å². The van der Waals surface area contributed by atoms with Gasteiger partial charge in [0.25, 0.3) is 0 Å². The molecule has 14 aromatic rings. The highest BCUT2D eigenvalue weighted by Crippen LogP contribution is 2.48. The van der Waals surface area contributed by atoms with E-state index in [1.54, 1.807) is 0 Å². The van der Waals surface area contributed by atoms with Crippen molar-refractivity contribution in [3.8, 4) is 55.6 Å². The Balaban J connectivity index is 0.958. The number of anilines is 3. The van der Waals surface area contributed by atoms with Crippen LogP contribution in [0.5, 0.6) is 0 Å². The summed E-state index contributed by atoms with van der Waals surface area (Å²) in [5.41, 5.74) is 16.8. The molecule has 0 saturated carbocycles. The first-order valence-corrected chi connectivity index (χ1v) is 24.7. The van der Waals surface area contributed by atoms with Crippen LogP contribution in [0, 0.1) is 0 Å². The highest BCUT2D eigenvalue weighted by molar-refractivity contribution is 6.23. The molecule has 0 unspecified atom stereocenters. The Bertz CT molecular complexity index is 4370. The Kier molecular flexibility index (Phi) is 9.89. The molecule has 0 saturated heterocycles. The highest BCUT2D eigenvalue weighted by atomic mass is 16.3. The van der Waals surface area contributed by atoms with Crippen LogP contribution < -0.4 is 4.90 Å². The van der Waals surface area contributed by atoms with Gasteiger partial charge in [0, 0.05) is 33.1 Å². The van der Waals surface area contributed by atoms with Crippen LogP contribution in [0.3, 0.4) is 0 Å². The summed E-state index contributed by atoms with van der Waals surface area (Å²) >= 11 is 0. The van der Waals surface area contributed by atoms with Crippen LogP contribution in [0.4, 0.5) is 17.1 Å². The number of nitrogens with zero attached hydrogens (tertiary/aromatic N) is 1. The summed E-state index contributed by atoms with van der Waals surface area (Å²) in [4.78, 5) is 2.43. The average Bonchev–Trinajstić information content (AvgIpc) is 3.85. The van der Waals surface area contributed by atoms with Gasteiger partial charge in [-0.15, -0.1) is 0 Å². The van der Waals surface area contributed by atoms with Crippen molar-refractivity contribution in [2.75, 3.05) is 4.90 Å². The van der Waals surface area contributed by atoms with Crippen LogP contribution >= 0.6 is 0 Å². The van der Waals surface area contributed by atoms with Crippen molar-refractivity contribution in [3.63, 3.8) is 0 Å². The summed E-state index contributed by atoms with van der Waals surface area (Å²) in [7, 11) is 0. The minimum atomic E-state index is 0.872. The van der Waals surface area contributed by atoms with Crippen molar-refractivity contribution in [2.45, 2.75) is 0 Å². The minimum absolute atomic E-state index is 0.872. The van der Waals surface area contributed by atoms with Crippen molar-refractivity contribution >= 4 is 82.1 Å². The summed E-state index contributed by atoms with van der Waals surface area (Å²) in [6, 6.07) is 99.3. The third kappa shape index (κ3) is 6.88. The predicted octanol–water partition coefficient (Wildman–Crippen LogP) is 20.0. The lowest BCUT2D eigenvalue weighted by molar-refractivity contribution is 0.673. The van der Waals surface area contributed by atoms with Crippen molar-refractivity contribution < 1.29 is 4.42 Å². The Labute approximate surface area is 417 Å². The van der Waals surface area contributed by atoms with Crippen LogP contribution in [-0.2, 0) is 0 Å². The molecule has 0 bridgehead atoms.